The Bertz CT molecular complexity index is 845. The highest BCUT2D eigenvalue weighted by atomic mass is 16.5. The number of hydrogen-bond donors (Lipinski definition) is 0. The SMILES string of the molecule is COc1ccc(OC2CCN(C(C)=O)CC2)c(C(=O)N(C)Cc2ccccc2)c1. The van der Waals surface area contributed by atoms with Gasteiger partial charge in [-0.15, -0.1) is 0 Å². The topological polar surface area (TPSA) is 59.1 Å². The molecule has 0 unspecified atom stereocenters. The highest BCUT2D eigenvalue weighted by Crippen LogP contribution is 2.28. The van der Waals surface area contributed by atoms with Crippen molar-refractivity contribution in [2.75, 3.05) is 27.2 Å². The molecule has 1 fully saturated rings. The smallest absolute Gasteiger partial charge is 0.257 e. The van der Waals surface area contributed by atoms with Crippen molar-refractivity contribution in [3.63, 3.8) is 0 Å². The minimum atomic E-state index is -0.121. The van der Waals surface area contributed by atoms with Crippen LogP contribution >= 0.6 is 0 Å². The van der Waals surface area contributed by atoms with Crippen LogP contribution in [0.3, 0.4) is 0 Å². The van der Waals surface area contributed by atoms with Gasteiger partial charge in [0.2, 0.25) is 5.91 Å². The summed E-state index contributed by atoms with van der Waals surface area (Å²) in [4.78, 5) is 28.2. The molecule has 2 aromatic carbocycles. The quantitative estimate of drug-likeness (QED) is 0.751. The van der Waals surface area contributed by atoms with Crippen molar-refractivity contribution in [1.29, 1.82) is 0 Å². The molecule has 0 spiro atoms. The molecule has 6 heteroatoms. The molecule has 0 atom stereocenters. The lowest BCUT2D eigenvalue weighted by Crippen LogP contribution is -2.40. The maximum absolute atomic E-state index is 13.2. The number of hydrogen-bond acceptors (Lipinski definition) is 4. The number of amides is 2. The van der Waals surface area contributed by atoms with Crippen molar-refractivity contribution in [2.24, 2.45) is 0 Å². The van der Waals surface area contributed by atoms with Crippen LogP contribution in [0, 0.1) is 0 Å². The molecule has 2 amide bonds. The summed E-state index contributed by atoms with van der Waals surface area (Å²) in [5.74, 6) is 1.13. The van der Waals surface area contributed by atoms with Crippen LogP contribution in [-0.2, 0) is 11.3 Å². The Labute approximate surface area is 172 Å². The zero-order valence-corrected chi connectivity index (χ0v) is 17.3. The molecular weight excluding hydrogens is 368 g/mol. The Morgan fingerprint density at radius 3 is 2.41 bits per heavy atom. The molecule has 0 aromatic heterocycles. The molecule has 1 saturated heterocycles. The second-order valence-electron chi connectivity index (χ2n) is 7.33. The lowest BCUT2D eigenvalue weighted by Gasteiger charge is -2.32. The summed E-state index contributed by atoms with van der Waals surface area (Å²) in [5, 5.41) is 0. The van der Waals surface area contributed by atoms with Gasteiger partial charge in [0, 0.05) is 46.4 Å². The maximum atomic E-state index is 13.2. The first-order chi connectivity index (χ1) is 14.0. The number of benzene rings is 2. The fourth-order valence-electron chi connectivity index (χ4n) is 3.51. The Morgan fingerprint density at radius 1 is 1.10 bits per heavy atom. The van der Waals surface area contributed by atoms with E-state index < -0.39 is 0 Å². The summed E-state index contributed by atoms with van der Waals surface area (Å²) in [7, 11) is 3.36. The van der Waals surface area contributed by atoms with Crippen LogP contribution < -0.4 is 9.47 Å². The third-order valence-corrected chi connectivity index (χ3v) is 5.21. The molecule has 0 aliphatic carbocycles. The predicted octanol–water partition coefficient (Wildman–Crippen LogP) is 3.36. The molecule has 1 aliphatic heterocycles. The number of rotatable bonds is 6. The lowest BCUT2D eigenvalue weighted by molar-refractivity contribution is -0.130. The normalized spacial score (nSPS) is 14.4. The van der Waals surface area contributed by atoms with Gasteiger partial charge in [0.15, 0.2) is 0 Å². The minimum absolute atomic E-state index is 0.0232. The Kier molecular flexibility index (Phi) is 6.75. The van der Waals surface area contributed by atoms with Crippen molar-refractivity contribution >= 4 is 11.8 Å². The van der Waals surface area contributed by atoms with E-state index in [1.54, 1.807) is 44.2 Å². The molecule has 1 aliphatic rings. The largest absolute Gasteiger partial charge is 0.497 e. The molecule has 0 radical (unpaired) electrons. The number of carbonyl (C=O) groups excluding carboxylic acids is 2. The second-order valence-corrected chi connectivity index (χ2v) is 7.33. The van der Waals surface area contributed by atoms with Gasteiger partial charge in [0.25, 0.3) is 5.91 Å². The summed E-state index contributed by atoms with van der Waals surface area (Å²) < 4.78 is 11.5. The number of nitrogens with zero attached hydrogens (tertiary/aromatic N) is 2. The van der Waals surface area contributed by atoms with Crippen LogP contribution in [0.2, 0.25) is 0 Å². The van der Waals surface area contributed by atoms with E-state index in [2.05, 4.69) is 0 Å². The average molecular weight is 396 g/mol. The van der Waals surface area contributed by atoms with Crippen molar-refractivity contribution in [2.45, 2.75) is 32.4 Å². The van der Waals surface area contributed by atoms with Gasteiger partial charge in [-0.1, -0.05) is 30.3 Å². The van der Waals surface area contributed by atoms with E-state index in [0.29, 0.717) is 36.7 Å². The standard InChI is InChI=1S/C23H28N2O4/c1-17(26)25-13-11-19(12-14-25)29-22-10-9-20(28-3)15-21(22)23(27)24(2)16-18-7-5-4-6-8-18/h4-10,15,19H,11-14,16H2,1-3H3. The van der Waals surface area contributed by atoms with Crippen molar-refractivity contribution in [3.8, 4) is 11.5 Å². The molecule has 1 heterocycles. The van der Waals surface area contributed by atoms with Gasteiger partial charge in [-0.25, -0.2) is 0 Å². The van der Waals surface area contributed by atoms with E-state index >= 15 is 0 Å². The predicted molar refractivity (Wildman–Crippen MR) is 111 cm³/mol. The summed E-state index contributed by atoms with van der Waals surface area (Å²) in [5.41, 5.74) is 1.54. The second kappa shape index (κ2) is 9.45. The molecule has 29 heavy (non-hydrogen) atoms. The number of ether oxygens (including phenoxy) is 2. The summed E-state index contributed by atoms with van der Waals surface area (Å²) >= 11 is 0. The van der Waals surface area contributed by atoms with E-state index in [4.69, 9.17) is 9.47 Å². The van der Waals surface area contributed by atoms with Gasteiger partial charge >= 0.3 is 0 Å². The fraction of sp³-hybridized carbons (Fsp3) is 0.391. The van der Waals surface area contributed by atoms with Crippen molar-refractivity contribution in [1.82, 2.24) is 9.80 Å². The Balaban J connectivity index is 1.75. The van der Waals surface area contributed by atoms with Gasteiger partial charge in [0.1, 0.15) is 17.6 Å². The van der Waals surface area contributed by atoms with Crippen molar-refractivity contribution in [3.05, 3.63) is 59.7 Å². The third kappa shape index (κ3) is 5.28. The summed E-state index contributed by atoms with van der Waals surface area (Å²) in [6.45, 7) is 3.44. The van der Waals surface area contributed by atoms with E-state index in [0.717, 1.165) is 18.4 Å². The maximum Gasteiger partial charge on any atom is 0.257 e. The lowest BCUT2D eigenvalue weighted by atomic mass is 10.1. The summed E-state index contributed by atoms with van der Waals surface area (Å²) in [6.07, 6.45) is 1.48. The third-order valence-electron chi connectivity index (χ3n) is 5.21. The van der Waals surface area contributed by atoms with E-state index in [-0.39, 0.29) is 17.9 Å². The van der Waals surface area contributed by atoms with E-state index in [1.165, 1.54) is 0 Å². The van der Waals surface area contributed by atoms with Gasteiger partial charge in [-0.3, -0.25) is 9.59 Å². The monoisotopic (exact) mass is 396 g/mol. The van der Waals surface area contributed by atoms with Crippen molar-refractivity contribution < 1.29 is 19.1 Å². The van der Waals surface area contributed by atoms with Crippen LogP contribution in [0.25, 0.3) is 0 Å². The highest BCUT2D eigenvalue weighted by molar-refractivity contribution is 5.97. The first kappa shape index (κ1) is 20.7. The first-order valence-electron chi connectivity index (χ1n) is 9.87. The van der Waals surface area contributed by atoms with Gasteiger partial charge in [-0.2, -0.15) is 0 Å². The van der Waals surface area contributed by atoms with Crippen LogP contribution in [0.4, 0.5) is 0 Å². The molecular formula is C23H28N2O4. The fourth-order valence-corrected chi connectivity index (χ4v) is 3.51. The molecule has 3 rings (SSSR count). The Morgan fingerprint density at radius 2 is 1.79 bits per heavy atom. The van der Waals surface area contributed by atoms with Crippen LogP contribution in [-0.4, -0.2) is 55.0 Å². The first-order valence-corrected chi connectivity index (χ1v) is 9.87. The van der Waals surface area contributed by atoms with Gasteiger partial charge < -0.3 is 19.3 Å². The van der Waals surface area contributed by atoms with Crippen LogP contribution in [0.1, 0.15) is 35.7 Å². The van der Waals surface area contributed by atoms with E-state index in [9.17, 15) is 9.59 Å². The Hall–Kier alpha value is -3.02. The molecule has 0 saturated carbocycles. The van der Waals surface area contributed by atoms with Crippen LogP contribution in [0.5, 0.6) is 11.5 Å². The zero-order chi connectivity index (χ0) is 20.8. The minimum Gasteiger partial charge on any atom is -0.497 e. The molecule has 0 N–H and O–H groups in total. The highest BCUT2D eigenvalue weighted by Gasteiger charge is 2.25. The number of methoxy groups -OCH3 is 1. The molecule has 2 aromatic rings. The number of piperidine rings is 1. The number of carbonyl (C=O) groups is 2. The van der Waals surface area contributed by atoms with E-state index in [1.807, 2.05) is 35.2 Å². The summed E-state index contributed by atoms with van der Waals surface area (Å²) in [6, 6.07) is 15.2. The van der Waals surface area contributed by atoms with Crippen LogP contribution in [0.15, 0.2) is 48.5 Å². The van der Waals surface area contributed by atoms with Gasteiger partial charge in [0.05, 0.1) is 12.7 Å². The van der Waals surface area contributed by atoms with Gasteiger partial charge in [-0.05, 0) is 23.8 Å². The zero-order valence-electron chi connectivity index (χ0n) is 17.3. The molecule has 154 valence electrons. The molecule has 0 bridgehead atoms. The number of likely N-dealkylation sites (tertiary alicyclic amines) is 1. The molecule has 6 nitrogen and oxygen atoms in total. The average Bonchev–Trinajstić information content (AvgIpc) is 2.74.